The molecule has 0 N–H and O–H groups in total. The van der Waals surface area contributed by atoms with Crippen molar-refractivity contribution in [2.24, 2.45) is 0 Å². The van der Waals surface area contributed by atoms with Crippen LogP contribution in [0.2, 0.25) is 0 Å². The summed E-state index contributed by atoms with van der Waals surface area (Å²) in [5, 5.41) is 0. The maximum absolute atomic E-state index is 2.21. The van der Waals surface area contributed by atoms with Crippen molar-refractivity contribution in [3.8, 4) is 0 Å². The Labute approximate surface area is 122 Å². The minimum atomic E-state index is 1.08. The molecule has 0 saturated heterocycles. The molecule has 0 spiro atoms. The van der Waals surface area contributed by atoms with Crippen LogP contribution in [0.3, 0.4) is 0 Å². The van der Waals surface area contributed by atoms with E-state index in [9.17, 15) is 0 Å². The number of pyridine rings is 1. The average molecular weight is 267 g/mol. The standard InChI is InChI=1S/C18H23N2/c1-4-13-20-14-11-17(12-15-20)6-5-16-7-9-18(10-8-16)19(2)3/h5-12,14-15H,4,13H2,1-3H3/q+1. The Morgan fingerprint density at radius 3 is 1.95 bits per heavy atom. The van der Waals surface area contributed by atoms with E-state index in [1.807, 2.05) is 0 Å². The molecule has 2 rings (SSSR count). The highest BCUT2D eigenvalue weighted by Gasteiger charge is 1.97. The SMILES string of the molecule is CCC[n+]1ccc(/C=C/c2ccc(N(C)C)cc2)cc1. The topological polar surface area (TPSA) is 7.12 Å². The molecular weight excluding hydrogens is 244 g/mol. The van der Waals surface area contributed by atoms with Gasteiger partial charge in [0.25, 0.3) is 0 Å². The number of aryl methyl sites for hydroxylation is 1. The van der Waals surface area contributed by atoms with E-state index in [4.69, 9.17) is 0 Å². The quantitative estimate of drug-likeness (QED) is 0.751. The first-order valence-electron chi connectivity index (χ1n) is 7.13. The second kappa shape index (κ2) is 6.90. The molecule has 104 valence electrons. The summed E-state index contributed by atoms with van der Waals surface area (Å²) in [7, 11) is 4.11. The minimum absolute atomic E-state index is 1.08. The van der Waals surface area contributed by atoms with Gasteiger partial charge in [0.1, 0.15) is 6.54 Å². The summed E-state index contributed by atoms with van der Waals surface area (Å²) in [6.45, 7) is 3.27. The summed E-state index contributed by atoms with van der Waals surface area (Å²) < 4.78 is 2.21. The Morgan fingerprint density at radius 2 is 1.45 bits per heavy atom. The molecule has 0 radical (unpaired) electrons. The molecule has 0 fully saturated rings. The monoisotopic (exact) mass is 267 g/mol. The van der Waals surface area contributed by atoms with E-state index in [-0.39, 0.29) is 0 Å². The first kappa shape index (κ1) is 14.3. The van der Waals surface area contributed by atoms with E-state index < -0.39 is 0 Å². The fourth-order valence-corrected chi connectivity index (χ4v) is 2.06. The van der Waals surface area contributed by atoms with Crippen LogP contribution in [0.1, 0.15) is 24.5 Å². The highest BCUT2D eigenvalue weighted by molar-refractivity contribution is 5.70. The van der Waals surface area contributed by atoms with Crippen LogP contribution in [0.25, 0.3) is 12.2 Å². The Hall–Kier alpha value is -2.09. The van der Waals surface area contributed by atoms with Crippen molar-refractivity contribution in [3.05, 3.63) is 59.9 Å². The maximum atomic E-state index is 2.21. The molecule has 1 heterocycles. The lowest BCUT2D eigenvalue weighted by atomic mass is 10.1. The van der Waals surface area contributed by atoms with Crippen LogP contribution in [-0.2, 0) is 6.54 Å². The molecule has 1 aromatic heterocycles. The van der Waals surface area contributed by atoms with E-state index >= 15 is 0 Å². The molecule has 0 atom stereocenters. The molecule has 0 unspecified atom stereocenters. The zero-order chi connectivity index (χ0) is 14.4. The molecule has 0 amide bonds. The molecule has 0 aliphatic heterocycles. The fraction of sp³-hybridized carbons (Fsp3) is 0.278. The van der Waals surface area contributed by atoms with Gasteiger partial charge in [-0.1, -0.05) is 31.2 Å². The zero-order valence-electron chi connectivity index (χ0n) is 12.6. The van der Waals surface area contributed by atoms with Gasteiger partial charge in [-0.25, -0.2) is 4.57 Å². The molecule has 0 aliphatic carbocycles. The predicted octanol–water partition coefficient (Wildman–Crippen LogP) is 3.62. The van der Waals surface area contributed by atoms with E-state index in [1.54, 1.807) is 0 Å². The summed E-state index contributed by atoms with van der Waals surface area (Å²) in [6.07, 6.45) is 9.74. The van der Waals surface area contributed by atoms with Crippen molar-refractivity contribution in [2.75, 3.05) is 19.0 Å². The van der Waals surface area contributed by atoms with Crippen molar-refractivity contribution in [2.45, 2.75) is 19.9 Å². The lowest BCUT2D eigenvalue weighted by Crippen LogP contribution is -2.31. The second-order valence-electron chi connectivity index (χ2n) is 5.19. The highest BCUT2D eigenvalue weighted by Crippen LogP contribution is 2.14. The minimum Gasteiger partial charge on any atom is -0.378 e. The van der Waals surface area contributed by atoms with Gasteiger partial charge in [0.05, 0.1) is 0 Å². The third-order valence-electron chi connectivity index (χ3n) is 3.28. The van der Waals surface area contributed by atoms with Crippen LogP contribution in [-0.4, -0.2) is 14.1 Å². The van der Waals surface area contributed by atoms with Gasteiger partial charge in [0.15, 0.2) is 12.4 Å². The van der Waals surface area contributed by atoms with Crippen LogP contribution >= 0.6 is 0 Å². The molecule has 20 heavy (non-hydrogen) atoms. The number of aromatic nitrogens is 1. The van der Waals surface area contributed by atoms with E-state index in [1.165, 1.54) is 16.8 Å². The molecule has 2 aromatic rings. The largest absolute Gasteiger partial charge is 0.378 e. The number of anilines is 1. The highest BCUT2D eigenvalue weighted by atomic mass is 15.1. The van der Waals surface area contributed by atoms with Crippen LogP contribution in [0.4, 0.5) is 5.69 Å². The lowest BCUT2D eigenvalue weighted by Gasteiger charge is -2.11. The van der Waals surface area contributed by atoms with Crippen molar-refractivity contribution < 1.29 is 4.57 Å². The van der Waals surface area contributed by atoms with E-state index in [0.717, 1.165) is 13.0 Å². The molecule has 0 bridgehead atoms. The number of rotatable bonds is 5. The normalized spacial score (nSPS) is 10.9. The smallest absolute Gasteiger partial charge is 0.169 e. The van der Waals surface area contributed by atoms with Crippen molar-refractivity contribution in [3.63, 3.8) is 0 Å². The van der Waals surface area contributed by atoms with Crippen molar-refractivity contribution in [1.82, 2.24) is 0 Å². The Balaban J connectivity index is 2.04. The fourth-order valence-electron chi connectivity index (χ4n) is 2.06. The summed E-state index contributed by atoms with van der Waals surface area (Å²) >= 11 is 0. The Bertz CT molecular complexity index is 551. The Kier molecular flexibility index (Phi) is 4.94. The molecule has 0 aliphatic rings. The summed E-state index contributed by atoms with van der Waals surface area (Å²) in [5.41, 5.74) is 3.68. The van der Waals surface area contributed by atoms with Crippen LogP contribution in [0, 0.1) is 0 Å². The van der Waals surface area contributed by atoms with Gasteiger partial charge in [-0.2, -0.15) is 0 Å². The van der Waals surface area contributed by atoms with Gasteiger partial charge in [0.2, 0.25) is 0 Å². The molecule has 1 aromatic carbocycles. The number of hydrogen-bond acceptors (Lipinski definition) is 1. The summed E-state index contributed by atoms with van der Waals surface area (Å²) in [6, 6.07) is 12.9. The third kappa shape index (κ3) is 3.95. The van der Waals surface area contributed by atoms with Crippen LogP contribution < -0.4 is 9.47 Å². The van der Waals surface area contributed by atoms with Crippen molar-refractivity contribution >= 4 is 17.8 Å². The van der Waals surface area contributed by atoms with Crippen LogP contribution in [0.15, 0.2) is 48.8 Å². The van der Waals surface area contributed by atoms with E-state index in [0.29, 0.717) is 0 Å². The van der Waals surface area contributed by atoms with E-state index in [2.05, 4.69) is 91.4 Å². The van der Waals surface area contributed by atoms with Crippen LogP contribution in [0.5, 0.6) is 0 Å². The molecule has 2 nitrogen and oxygen atoms in total. The average Bonchev–Trinajstić information content (AvgIpc) is 2.47. The van der Waals surface area contributed by atoms with Gasteiger partial charge in [-0.05, 0) is 23.3 Å². The molecule has 2 heteroatoms. The van der Waals surface area contributed by atoms with Gasteiger partial charge < -0.3 is 4.90 Å². The van der Waals surface area contributed by atoms with Crippen molar-refractivity contribution in [1.29, 1.82) is 0 Å². The van der Waals surface area contributed by atoms with Gasteiger partial charge in [0, 0.05) is 38.3 Å². The molecular formula is C18H23N2+. The maximum Gasteiger partial charge on any atom is 0.169 e. The van der Waals surface area contributed by atoms with Gasteiger partial charge in [-0.15, -0.1) is 0 Å². The zero-order valence-corrected chi connectivity index (χ0v) is 12.6. The number of nitrogens with zero attached hydrogens (tertiary/aromatic N) is 2. The third-order valence-corrected chi connectivity index (χ3v) is 3.28. The van der Waals surface area contributed by atoms with Gasteiger partial charge >= 0.3 is 0 Å². The second-order valence-corrected chi connectivity index (χ2v) is 5.19. The van der Waals surface area contributed by atoms with Gasteiger partial charge in [-0.3, -0.25) is 0 Å². The number of hydrogen-bond donors (Lipinski definition) is 0. The lowest BCUT2D eigenvalue weighted by molar-refractivity contribution is -0.697. The predicted molar refractivity (Wildman–Crippen MR) is 86.6 cm³/mol. The first-order valence-corrected chi connectivity index (χ1v) is 7.13. The number of benzene rings is 1. The molecule has 0 saturated carbocycles. The summed E-state index contributed by atoms with van der Waals surface area (Å²) in [4.78, 5) is 2.11. The first-order chi connectivity index (χ1) is 9.69. The summed E-state index contributed by atoms with van der Waals surface area (Å²) in [5.74, 6) is 0. The Morgan fingerprint density at radius 1 is 0.900 bits per heavy atom.